The van der Waals surface area contributed by atoms with Gasteiger partial charge in [-0.1, -0.05) is 23.2 Å². The Hall–Kier alpha value is -0.270. The van der Waals surface area contributed by atoms with Gasteiger partial charge in [0.25, 0.3) is 0 Å². The van der Waals surface area contributed by atoms with Crippen LogP contribution in [0.4, 0.5) is 0 Å². The van der Waals surface area contributed by atoms with Gasteiger partial charge >= 0.3 is 0 Å². The van der Waals surface area contributed by atoms with Crippen molar-refractivity contribution < 1.29 is 8.95 Å². The number of nitrogens with one attached hydrogen (secondary N) is 1. The van der Waals surface area contributed by atoms with Crippen LogP contribution in [0.2, 0.25) is 10.3 Å². The van der Waals surface area contributed by atoms with Crippen LogP contribution in [0.1, 0.15) is 5.69 Å². The lowest BCUT2D eigenvalue weighted by molar-refractivity contribution is -0.0676. The molecule has 0 saturated carbocycles. The molecule has 0 aliphatic carbocycles. The molecule has 1 aromatic heterocycles. The number of ether oxygens (including phenoxy) is 1. The van der Waals surface area contributed by atoms with Gasteiger partial charge in [0.05, 0.1) is 31.3 Å². The molecule has 1 fully saturated rings. The topological polar surface area (TPSA) is 64.1 Å². The summed E-state index contributed by atoms with van der Waals surface area (Å²) in [5.41, 5.74) is -0.110. The zero-order valence-electron chi connectivity index (χ0n) is 7.41. The van der Waals surface area contributed by atoms with Crippen molar-refractivity contribution in [2.24, 2.45) is 0 Å². The highest BCUT2D eigenvalue weighted by Gasteiger charge is 2.43. The minimum Gasteiger partial charge on any atom is -0.377 e. The third kappa shape index (κ3) is 2.00. The van der Waals surface area contributed by atoms with Gasteiger partial charge in [0.15, 0.2) is 5.15 Å². The second-order valence-electron chi connectivity index (χ2n) is 3.11. The van der Waals surface area contributed by atoms with Gasteiger partial charge in [-0.2, -0.15) is 0 Å². The lowest BCUT2D eigenvalue weighted by Gasteiger charge is -2.39. The Morgan fingerprint density at radius 2 is 2.27 bits per heavy atom. The minimum atomic E-state index is -0.613. The summed E-state index contributed by atoms with van der Waals surface area (Å²) in [4.78, 5) is 7.95. The van der Waals surface area contributed by atoms with E-state index in [4.69, 9.17) is 27.9 Å². The van der Waals surface area contributed by atoms with Gasteiger partial charge in [0.1, 0.15) is 16.4 Å². The van der Waals surface area contributed by atoms with Gasteiger partial charge in [-0.15, -0.1) is 0 Å². The summed E-state index contributed by atoms with van der Waals surface area (Å²) in [6.45, 7) is 0.719. The van der Waals surface area contributed by atoms with E-state index in [-0.39, 0.29) is 22.2 Å². The molecule has 0 amide bonds. The van der Waals surface area contributed by atoms with E-state index in [2.05, 4.69) is 14.7 Å². The molecule has 2 heterocycles. The SMILES string of the molecule is O=[SH]NC1(c2ncc(Cl)nc2Cl)COC1. The second kappa shape index (κ2) is 4.31. The fourth-order valence-electron chi connectivity index (χ4n) is 1.32. The molecular formula is C7H7Cl2N3O2S. The molecule has 2 rings (SSSR count). The molecule has 0 atom stereocenters. The number of aromatic nitrogens is 2. The first kappa shape index (κ1) is 11.2. The molecule has 1 aliphatic heterocycles. The number of hydrogen-bond acceptors (Lipinski definition) is 4. The Labute approximate surface area is 99.8 Å². The van der Waals surface area contributed by atoms with E-state index < -0.39 is 5.54 Å². The molecule has 1 aromatic rings. The van der Waals surface area contributed by atoms with Crippen LogP contribution in [0.3, 0.4) is 0 Å². The van der Waals surface area contributed by atoms with E-state index in [0.717, 1.165) is 0 Å². The van der Waals surface area contributed by atoms with E-state index >= 15 is 0 Å². The zero-order chi connectivity index (χ0) is 10.9. The van der Waals surface area contributed by atoms with Crippen molar-refractivity contribution in [3.63, 3.8) is 0 Å². The van der Waals surface area contributed by atoms with Crippen LogP contribution >= 0.6 is 23.2 Å². The lowest BCUT2D eigenvalue weighted by atomic mass is 9.95. The summed E-state index contributed by atoms with van der Waals surface area (Å²) in [7, 11) is 0. The number of thiol groups is 1. The first-order valence-electron chi connectivity index (χ1n) is 4.04. The average Bonchev–Trinajstić information content (AvgIpc) is 2.12. The predicted octanol–water partition coefficient (Wildman–Crippen LogP) is 0.459. The third-order valence-corrected chi connectivity index (χ3v) is 3.08. The lowest BCUT2D eigenvalue weighted by Crippen LogP contribution is -2.56. The summed E-state index contributed by atoms with van der Waals surface area (Å²) >= 11 is 11.3. The van der Waals surface area contributed by atoms with Crippen molar-refractivity contribution in [2.45, 2.75) is 5.54 Å². The van der Waals surface area contributed by atoms with Crippen molar-refractivity contribution in [3.8, 4) is 0 Å². The molecule has 0 bridgehead atoms. The molecule has 5 nitrogen and oxygen atoms in total. The largest absolute Gasteiger partial charge is 0.377 e. The third-order valence-electron chi connectivity index (χ3n) is 2.11. The van der Waals surface area contributed by atoms with Crippen LogP contribution in [0.5, 0.6) is 0 Å². The fraction of sp³-hybridized carbons (Fsp3) is 0.429. The van der Waals surface area contributed by atoms with E-state index in [1.165, 1.54) is 6.20 Å². The molecule has 1 saturated heterocycles. The summed E-state index contributed by atoms with van der Waals surface area (Å²) in [5, 5.41) is 0.417. The van der Waals surface area contributed by atoms with Crippen LogP contribution in [0.15, 0.2) is 6.20 Å². The summed E-state index contributed by atoms with van der Waals surface area (Å²) in [6.07, 6.45) is 1.40. The quantitative estimate of drug-likeness (QED) is 0.782. The Balaban J connectivity index is 2.38. The van der Waals surface area contributed by atoms with Crippen LogP contribution < -0.4 is 4.72 Å². The normalized spacial score (nSPS) is 18.5. The smallest absolute Gasteiger partial charge is 0.154 e. The summed E-state index contributed by atoms with van der Waals surface area (Å²) < 4.78 is 18.4. The number of rotatable bonds is 3. The molecule has 0 radical (unpaired) electrons. The maximum absolute atomic E-state index is 10.6. The molecule has 0 spiro atoms. The molecule has 15 heavy (non-hydrogen) atoms. The van der Waals surface area contributed by atoms with E-state index in [0.29, 0.717) is 18.9 Å². The van der Waals surface area contributed by atoms with Crippen molar-refractivity contribution in [1.29, 1.82) is 0 Å². The first-order valence-corrected chi connectivity index (χ1v) is 5.60. The van der Waals surface area contributed by atoms with E-state index in [1.54, 1.807) is 0 Å². The van der Waals surface area contributed by atoms with Gasteiger partial charge in [0, 0.05) is 0 Å². The van der Waals surface area contributed by atoms with Gasteiger partial charge in [-0.05, 0) is 0 Å². The number of halogens is 2. The van der Waals surface area contributed by atoms with Gasteiger partial charge in [-0.25, -0.2) is 13.9 Å². The standard InChI is InChI=1S/C7H7Cl2N3O2S/c8-4-1-10-5(6(9)11-4)7(12-15-13)2-14-3-7/h1,15H,2-3H2,(H,12,13). The van der Waals surface area contributed by atoms with Crippen LogP contribution in [0, 0.1) is 0 Å². The highest BCUT2D eigenvalue weighted by atomic mass is 35.5. The Morgan fingerprint density at radius 1 is 1.53 bits per heavy atom. The number of hydrogen-bond donors (Lipinski definition) is 2. The van der Waals surface area contributed by atoms with Crippen molar-refractivity contribution in [1.82, 2.24) is 14.7 Å². The second-order valence-corrected chi connectivity index (χ2v) is 4.26. The van der Waals surface area contributed by atoms with Gasteiger partial charge < -0.3 is 4.74 Å². The molecule has 8 heteroatoms. The fourth-order valence-corrected chi connectivity index (χ4v) is 2.22. The van der Waals surface area contributed by atoms with Gasteiger partial charge in [0.2, 0.25) is 0 Å². The molecule has 1 N–H and O–H groups in total. The molecule has 82 valence electrons. The zero-order valence-corrected chi connectivity index (χ0v) is 9.81. The minimum absolute atomic E-state index is 0.196. The average molecular weight is 268 g/mol. The molecule has 1 aliphatic rings. The van der Waals surface area contributed by atoms with Crippen molar-refractivity contribution >= 4 is 35.1 Å². The van der Waals surface area contributed by atoms with Crippen molar-refractivity contribution in [2.75, 3.05) is 13.2 Å². The molecule has 0 aromatic carbocycles. The summed E-state index contributed by atoms with van der Waals surface area (Å²) in [5.74, 6) is 0. The van der Waals surface area contributed by atoms with Gasteiger partial charge in [-0.3, -0.25) is 4.98 Å². The maximum Gasteiger partial charge on any atom is 0.154 e. The summed E-state index contributed by atoms with van der Waals surface area (Å²) in [6, 6.07) is 0. The highest BCUT2D eigenvalue weighted by Crippen LogP contribution is 2.32. The molecule has 0 unspecified atom stereocenters. The van der Waals surface area contributed by atoms with Crippen LogP contribution in [0.25, 0.3) is 0 Å². The molecular weight excluding hydrogens is 261 g/mol. The first-order chi connectivity index (χ1) is 7.18. The van der Waals surface area contributed by atoms with Crippen molar-refractivity contribution in [3.05, 3.63) is 22.2 Å². The highest BCUT2D eigenvalue weighted by molar-refractivity contribution is 7.63. The Bertz CT molecular complexity index is 400. The maximum atomic E-state index is 10.6. The number of nitrogens with zero attached hydrogens (tertiary/aromatic N) is 2. The van der Waals surface area contributed by atoms with Crippen LogP contribution in [-0.4, -0.2) is 27.4 Å². The Kier molecular flexibility index (Phi) is 3.22. The Morgan fingerprint density at radius 3 is 2.73 bits per heavy atom. The monoisotopic (exact) mass is 267 g/mol. The van der Waals surface area contributed by atoms with Crippen LogP contribution in [-0.2, 0) is 22.1 Å². The van der Waals surface area contributed by atoms with E-state index in [9.17, 15) is 4.21 Å². The predicted molar refractivity (Wildman–Crippen MR) is 57.2 cm³/mol. The van der Waals surface area contributed by atoms with E-state index in [1.807, 2.05) is 0 Å².